The largest absolute Gasteiger partial charge is 0.386 e. The van der Waals surface area contributed by atoms with E-state index in [1.807, 2.05) is 6.07 Å². The van der Waals surface area contributed by atoms with E-state index in [9.17, 15) is 9.18 Å². The number of hydrogen-bond acceptors (Lipinski definition) is 4. The Kier molecular flexibility index (Phi) is 5.29. The molecule has 0 unspecified atom stereocenters. The highest BCUT2D eigenvalue weighted by Crippen LogP contribution is 2.05. The minimum atomic E-state index is -0.317. The summed E-state index contributed by atoms with van der Waals surface area (Å²) in [7, 11) is 0. The molecule has 0 aliphatic carbocycles. The number of amides is 1. The summed E-state index contributed by atoms with van der Waals surface area (Å²) in [5.74, 6) is -0.629. The standard InChI is InChI=1S/C15H16FN3O2/c16-14-3-1-2-12(8-14)10-18-11-13(9-17)15(20)19-4-6-21-7-5-19/h1-3,8,11,18H,4-7,10H2/b13-11-. The van der Waals surface area contributed by atoms with Crippen molar-refractivity contribution in [3.05, 3.63) is 47.4 Å². The zero-order chi connectivity index (χ0) is 15.1. The Morgan fingerprint density at radius 2 is 2.24 bits per heavy atom. The third-order valence-electron chi connectivity index (χ3n) is 3.09. The van der Waals surface area contributed by atoms with Crippen LogP contribution >= 0.6 is 0 Å². The van der Waals surface area contributed by atoms with E-state index in [0.717, 1.165) is 5.56 Å². The van der Waals surface area contributed by atoms with Gasteiger partial charge in [0.1, 0.15) is 17.5 Å². The second-order valence-electron chi connectivity index (χ2n) is 4.59. The van der Waals surface area contributed by atoms with Crippen LogP contribution in [0.15, 0.2) is 36.0 Å². The second kappa shape index (κ2) is 7.41. The van der Waals surface area contributed by atoms with Gasteiger partial charge in [-0.3, -0.25) is 4.79 Å². The molecule has 1 fully saturated rings. The Labute approximate surface area is 122 Å². The molecule has 1 aromatic rings. The highest BCUT2D eigenvalue weighted by molar-refractivity contribution is 5.97. The van der Waals surface area contributed by atoms with E-state index in [1.165, 1.54) is 18.3 Å². The van der Waals surface area contributed by atoms with Crippen LogP contribution in [0.1, 0.15) is 5.56 Å². The van der Waals surface area contributed by atoms with E-state index in [2.05, 4.69) is 5.32 Å². The number of carbonyl (C=O) groups excluding carboxylic acids is 1. The quantitative estimate of drug-likeness (QED) is 0.668. The number of halogens is 1. The summed E-state index contributed by atoms with van der Waals surface area (Å²) in [5, 5.41) is 11.9. The molecule has 1 aliphatic heterocycles. The molecule has 1 heterocycles. The number of carbonyl (C=O) groups is 1. The molecule has 1 saturated heterocycles. The van der Waals surface area contributed by atoms with Crippen LogP contribution in [0.3, 0.4) is 0 Å². The Bertz CT molecular complexity index is 575. The van der Waals surface area contributed by atoms with E-state index in [0.29, 0.717) is 32.8 Å². The van der Waals surface area contributed by atoms with E-state index in [-0.39, 0.29) is 17.3 Å². The second-order valence-corrected chi connectivity index (χ2v) is 4.59. The first-order valence-corrected chi connectivity index (χ1v) is 6.66. The molecule has 1 aliphatic rings. The molecule has 1 N–H and O–H groups in total. The number of ether oxygens (including phenoxy) is 1. The fourth-order valence-corrected chi connectivity index (χ4v) is 2.00. The van der Waals surface area contributed by atoms with Crippen molar-refractivity contribution < 1.29 is 13.9 Å². The van der Waals surface area contributed by atoms with Gasteiger partial charge in [0.25, 0.3) is 5.91 Å². The van der Waals surface area contributed by atoms with Gasteiger partial charge in [0.2, 0.25) is 0 Å². The number of nitriles is 1. The summed E-state index contributed by atoms with van der Waals surface area (Å²) in [5.41, 5.74) is 0.774. The van der Waals surface area contributed by atoms with Crippen molar-refractivity contribution in [1.82, 2.24) is 10.2 Å². The van der Waals surface area contributed by atoms with Gasteiger partial charge in [-0.25, -0.2) is 4.39 Å². The molecule has 0 saturated carbocycles. The van der Waals surface area contributed by atoms with Crippen molar-refractivity contribution in [2.75, 3.05) is 26.3 Å². The Hall–Kier alpha value is -2.39. The average molecular weight is 289 g/mol. The average Bonchev–Trinajstić information content (AvgIpc) is 2.52. The Morgan fingerprint density at radius 3 is 2.90 bits per heavy atom. The topological polar surface area (TPSA) is 65.4 Å². The Morgan fingerprint density at radius 1 is 1.48 bits per heavy atom. The minimum absolute atomic E-state index is 0.0355. The van der Waals surface area contributed by atoms with Gasteiger partial charge in [-0.15, -0.1) is 0 Å². The molecule has 0 aromatic heterocycles. The molecule has 2 rings (SSSR count). The SMILES string of the molecule is N#C/C(=C/NCc1cccc(F)c1)C(=O)N1CCOCC1. The number of nitrogens with one attached hydrogen (secondary N) is 1. The number of benzene rings is 1. The molecule has 21 heavy (non-hydrogen) atoms. The van der Waals surface area contributed by atoms with Crippen molar-refractivity contribution >= 4 is 5.91 Å². The summed E-state index contributed by atoms with van der Waals surface area (Å²) >= 11 is 0. The van der Waals surface area contributed by atoms with Gasteiger partial charge < -0.3 is 15.0 Å². The van der Waals surface area contributed by atoms with Crippen LogP contribution in [-0.4, -0.2) is 37.1 Å². The third kappa shape index (κ3) is 4.29. The van der Waals surface area contributed by atoms with E-state index in [4.69, 9.17) is 10.00 Å². The van der Waals surface area contributed by atoms with Gasteiger partial charge in [0.15, 0.2) is 0 Å². The van der Waals surface area contributed by atoms with Gasteiger partial charge in [0.05, 0.1) is 13.2 Å². The molecule has 110 valence electrons. The summed E-state index contributed by atoms with van der Waals surface area (Å²) in [6, 6.07) is 8.03. The van der Waals surface area contributed by atoms with E-state index in [1.54, 1.807) is 17.0 Å². The molecule has 0 bridgehead atoms. The van der Waals surface area contributed by atoms with Gasteiger partial charge in [-0.1, -0.05) is 12.1 Å². The minimum Gasteiger partial charge on any atom is -0.386 e. The molecular formula is C15H16FN3O2. The lowest BCUT2D eigenvalue weighted by molar-refractivity contribution is -0.130. The van der Waals surface area contributed by atoms with E-state index < -0.39 is 0 Å². The van der Waals surface area contributed by atoms with Crippen molar-refractivity contribution in [1.29, 1.82) is 5.26 Å². The van der Waals surface area contributed by atoms with Crippen molar-refractivity contribution in [3.63, 3.8) is 0 Å². The number of morpholine rings is 1. The first-order chi connectivity index (χ1) is 10.2. The molecule has 0 radical (unpaired) electrons. The molecule has 1 amide bonds. The van der Waals surface area contributed by atoms with Crippen LogP contribution in [0, 0.1) is 17.1 Å². The number of nitrogens with zero attached hydrogens (tertiary/aromatic N) is 2. The summed E-state index contributed by atoms with van der Waals surface area (Å²) in [4.78, 5) is 13.7. The smallest absolute Gasteiger partial charge is 0.266 e. The summed E-state index contributed by atoms with van der Waals surface area (Å²) in [6.45, 7) is 2.30. The van der Waals surface area contributed by atoms with Gasteiger partial charge >= 0.3 is 0 Å². The maximum absolute atomic E-state index is 13.0. The van der Waals surface area contributed by atoms with E-state index >= 15 is 0 Å². The van der Waals surface area contributed by atoms with Gasteiger partial charge in [-0.05, 0) is 17.7 Å². The van der Waals surface area contributed by atoms with Crippen LogP contribution < -0.4 is 5.32 Å². The predicted octanol–water partition coefficient (Wildman–Crippen LogP) is 1.18. The van der Waals surface area contributed by atoms with Crippen LogP contribution in [-0.2, 0) is 16.1 Å². The zero-order valence-electron chi connectivity index (χ0n) is 11.5. The maximum atomic E-state index is 13.0. The number of hydrogen-bond donors (Lipinski definition) is 1. The highest BCUT2D eigenvalue weighted by atomic mass is 19.1. The van der Waals surface area contributed by atoms with Crippen LogP contribution in [0.5, 0.6) is 0 Å². The molecule has 5 nitrogen and oxygen atoms in total. The van der Waals surface area contributed by atoms with Crippen molar-refractivity contribution in [2.45, 2.75) is 6.54 Å². The van der Waals surface area contributed by atoms with Crippen LogP contribution in [0.4, 0.5) is 4.39 Å². The fourth-order valence-electron chi connectivity index (χ4n) is 2.00. The fraction of sp³-hybridized carbons (Fsp3) is 0.333. The molecule has 6 heteroatoms. The monoisotopic (exact) mass is 289 g/mol. The van der Waals surface area contributed by atoms with Gasteiger partial charge in [-0.2, -0.15) is 5.26 Å². The lowest BCUT2D eigenvalue weighted by Crippen LogP contribution is -2.41. The normalized spacial score (nSPS) is 15.4. The maximum Gasteiger partial charge on any atom is 0.266 e. The molecule has 0 atom stereocenters. The lowest BCUT2D eigenvalue weighted by Gasteiger charge is -2.26. The Balaban J connectivity index is 1.94. The van der Waals surface area contributed by atoms with Crippen molar-refractivity contribution in [2.24, 2.45) is 0 Å². The van der Waals surface area contributed by atoms with Gasteiger partial charge in [0, 0.05) is 25.8 Å². The van der Waals surface area contributed by atoms with Crippen LogP contribution in [0.2, 0.25) is 0 Å². The lowest BCUT2D eigenvalue weighted by atomic mass is 10.2. The highest BCUT2D eigenvalue weighted by Gasteiger charge is 2.20. The summed E-state index contributed by atoms with van der Waals surface area (Å²) in [6.07, 6.45) is 1.38. The third-order valence-corrected chi connectivity index (χ3v) is 3.09. The van der Waals surface area contributed by atoms with Crippen molar-refractivity contribution in [3.8, 4) is 6.07 Å². The molecular weight excluding hydrogens is 273 g/mol. The first kappa shape index (κ1) is 15.0. The predicted molar refractivity (Wildman–Crippen MR) is 74.3 cm³/mol. The molecule has 1 aromatic carbocycles. The zero-order valence-corrected chi connectivity index (χ0v) is 11.5. The summed E-state index contributed by atoms with van der Waals surface area (Å²) < 4.78 is 18.2. The van der Waals surface area contributed by atoms with Crippen LogP contribution in [0.25, 0.3) is 0 Å². The molecule has 0 spiro atoms. The first-order valence-electron chi connectivity index (χ1n) is 6.66. The number of rotatable bonds is 4.